The number of Topliss-reactive ketones (excluding diaryl/α,β-unsaturated/α-hetero) is 1. The lowest BCUT2D eigenvalue weighted by Gasteiger charge is -2.17. The fourth-order valence-corrected chi connectivity index (χ4v) is 2.29. The molecule has 0 unspecified atom stereocenters. The largest absolute Gasteiger partial charge is 0.326 e. The summed E-state index contributed by atoms with van der Waals surface area (Å²) in [5.41, 5.74) is 2.68. The molecular weight excluding hydrogens is 234 g/mol. The number of hydrogen-bond donors (Lipinski definition) is 1. The normalized spacial score (nSPS) is 14.1. The van der Waals surface area contributed by atoms with Crippen molar-refractivity contribution in [1.82, 2.24) is 0 Å². The van der Waals surface area contributed by atoms with Crippen LogP contribution < -0.4 is 5.32 Å². The summed E-state index contributed by atoms with van der Waals surface area (Å²) in [7, 11) is 0. The number of fused-ring (bicyclic) bond motifs is 1. The maximum absolute atomic E-state index is 11.9. The number of ketones is 1. The molecule has 1 aromatic carbocycles. The molecule has 0 aliphatic carbocycles. The van der Waals surface area contributed by atoms with Gasteiger partial charge in [0.1, 0.15) is 0 Å². The van der Waals surface area contributed by atoms with Crippen LogP contribution in [0.3, 0.4) is 0 Å². The number of carbonyl (C=O) groups excluding carboxylic acids is 2. The van der Waals surface area contributed by atoms with Crippen LogP contribution in [-0.2, 0) is 11.2 Å². The van der Waals surface area contributed by atoms with E-state index in [1.807, 2.05) is 18.4 Å². The minimum atomic E-state index is 0.0546. The van der Waals surface area contributed by atoms with Crippen molar-refractivity contribution >= 4 is 29.1 Å². The van der Waals surface area contributed by atoms with Gasteiger partial charge in [-0.2, -0.15) is 11.8 Å². The minimum Gasteiger partial charge on any atom is -0.326 e. The number of carbonyl (C=O) groups is 2. The SMILES string of the molecule is CSCCC(=O)c1ccc2c(c1)CCC(=O)N2. The van der Waals surface area contributed by atoms with Crippen molar-refractivity contribution in [3.05, 3.63) is 29.3 Å². The lowest BCUT2D eigenvalue weighted by molar-refractivity contribution is -0.116. The highest BCUT2D eigenvalue weighted by Crippen LogP contribution is 2.24. The van der Waals surface area contributed by atoms with Crippen molar-refractivity contribution < 1.29 is 9.59 Å². The molecule has 1 N–H and O–H groups in total. The summed E-state index contributed by atoms with van der Waals surface area (Å²) in [6, 6.07) is 5.54. The van der Waals surface area contributed by atoms with Gasteiger partial charge in [-0.15, -0.1) is 0 Å². The summed E-state index contributed by atoms with van der Waals surface area (Å²) in [5, 5.41) is 2.81. The molecule has 1 amide bonds. The molecule has 1 heterocycles. The summed E-state index contributed by atoms with van der Waals surface area (Å²) < 4.78 is 0. The first-order chi connectivity index (χ1) is 8.20. The zero-order valence-electron chi connectivity index (χ0n) is 9.79. The Labute approximate surface area is 105 Å². The standard InChI is InChI=1S/C13H15NO2S/c1-17-7-6-12(15)10-2-4-11-9(8-10)3-5-13(16)14-11/h2,4,8H,3,5-7H2,1H3,(H,14,16). The lowest BCUT2D eigenvalue weighted by atomic mass is 9.98. The summed E-state index contributed by atoms with van der Waals surface area (Å²) >= 11 is 1.68. The molecule has 0 spiro atoms. The predicted molar refractivity (Wildman–Crippen MR) is 70.7 cm³/mol. The minimum absolute atomic E-state index is 0.0546. The second-order valence-corrected chi connectivity index (χ2v) is 5.07. The Hall–Kier alpha value is -1.29. The zero-order chi connectivity index (χ0) is 12.3. The van der Waals surface area contributed by atoms with Crippen LogP contribution in [0.4, 0.5) is 5.69 Å². The van der Waals surface area contributed by atoms with Gasteiger partial charge < -0.3 is 5.32 Å². The Balaban J connectivity index is 2.16. The molecule has 0 aromatic heterocycles. The number of benzene rings is 1. The van der Waals surface area contributed by atoms with E-state index in [1.165, 1.54) is 0 Å². The molecular formula is C13H15NO2S. The fourth-order valence-electron chi connectivity index (χ4n) is 1.90. The van der Waals surface area contributed by atoms with Crippen LogP contribution in [0.1, 0.15) is 28.8 Å². The molecule has 90 valence electrons. The summed E-state index contributed by atoms with van der Waals surface area (Å²) in [5.74, 6) is 1.09. The number of anilines is 1. The molecule has 0 saturated carbocycles. The molecule has 1 aromatic rings. The van der Waals surface area contributed by atoms with Gasteiger partial charge in [-0.1, -0.05) is 0 Å². The monoisotopic (exact) mass is 249 g/mol. The van der Waals surface area contributed by atoms with Crippen LogP contribution >= 0.6 is 11.8 Å². The molecule has 0 bridgehead atoms. The highest BCUT2D eigenvalue weighted by molar-refractivity contribution is 7.98. The maximum Gasteiger partial charge on any atom is 0.224 e. The molecule has 17 heavy (non-hydrogen) atoms. The van der Waals surface area contributed by atoms with E-state index >= 15 is 0 Å². The van der Waals surface area contributed by atoms with Crippen LogP contribution in [0.5, 0.6) is 0 Å². The lowest BCUT2D eigenvalue weighted by Crippen LogP contribution is -2.19. The number of amides is 1. The Morgan fingerprint density at radius 2 is 2.24 bits per heavy atom. The van der Waals surface area contributed by atoms with Gasteiger partial charge in [0.05, 0.1) is 0 Å². The second-order valence-electron chi connectivity index (χ2n) is 4.09. The summed E-state index contributed by atoms with van der Waals surface area (Å²) in [6.07, 6.45) is 3.81. The topological polar surface area (TPSA) is 46.2 Å². The molecule has 0 saturated heterocycles. The Morgan fingerprint density at radius 1 is 1.41 bits per heavy atom. The van der Waals surface area contributed by atoms with Gasteiger partial charge in [0.2, 0.25) is 5.91 Å². The molecule has 0 radical (unpaired) electrons. The molecule has 0 atom stereocenters. The Morgan fingerprint density at radius 3 is 3.00 bits per heavy atom. The Bertz CT molecular complexity index is 457. The number of rotatable bonds is 4. The second kappa shape index (κ2) is 5.36. The van der Waals surface area contributed by atoms with Gasteiger partial charge in [-0.05, 0) is 36.4 Å². The van der Waals surface area contributed by atoms with Crippen LogP contribution in [0.25, 0.3) is 0 Å². The van der Waals surface area contributed by atoms with Crippen molar-refractivity contribution in [2.75, 3.05) is 17.3 Å². The quantitative estimate of drug-likeness (QED) is 0.834. The third-order valence-corrected chi connectivity index (χ3v) is 3.47. The van der Waals surface area contributed by atoms with Gasteiger partial charge in [-0.25, -0.2) is 0 Å². The molecule has 0 fully saturated rings. The first-order valence-corrected chi connectivity index (χ1v) is 7.05. The molecule has 1 aliphatic heterocycles. The van der Waals surface area contributed by atoms with E-state index in [0.717, 1.165) is 29.0 Å². The average molecular weight is 249 g/mol. The van der Waals surface area contributed by atoms with E-state index in [9.17, 15) is 9.59 Å². The first kappa shape index (κ1) is 12.2. The summed E-state index contributed by atoms with van der Waals surface area (Å²) in [6.45, 7) is 0. The van der Waals surface area contributed by atoms with Crippen molar-refractivity contribution in [1.29, 1.82) is 0 Å². The van der Waals surface area contributed by atoms with E-state index in [-0.39, 0.29) is 11.7 Å². The first-order valence-electron chi connectivity index (χ1n) is 5.65. The van der Waals surface area contributed by atoms with Crippen molar-refractivity contribution in [2.45, 2.75) is 19.3 Å². The van der Waals surface area contributed by atoms with Crippen LogP contribution in [0, 0.1) is 0 Å². The van der Waals surface area contributed by atoms with Crippen LogP contribution in [0.2, 0.25) is 0 Å². The van der Waals surface area contributed by atoms with E-state index < -0.39 is 0 Å². The van der Waals surface area contributed by atoms with Crippen LogP contribution in [0.15, 0.2) is 18.2 Å². The molecule has 3 nitrogen and oxygen atoms in total. The predicted octanol–water partition coefficient (Wildman–Crippen LogP) is 2.51. The maximum atomic E-state index is 11.9. The molecule has 4 heteroatoms. The zero-order valence-corrected chi connectivity index (χ0v) is 10.6. The number of nitrogens with one attached hydrogen (secondary N) is 1. The Kier molecular flexibility index (Phi) is 3.84. The van der Waals surface area contributed by atoms with Gasteiger partial charge in [0, 0.05) is 29.8 Å². The molecule has 2 rings (SSSR count). The van der Waals surface area contributed by atoms with Crippen molar-refractivity contribution in [3.8, 4) is 0 Å². The summed E-state index contributed by atoms with van der Waals surface area (Å²) in [4.78, 5) is 23.1. The van der Waals surface area contributed by atoms with E-state index in [1.54, 1.807) is 17.8 Å². The fraction of sp³-hybridized carbons (Fsp3) is 0.385. The molecule has 1 aliphatic rings. The average Bonchev–Trinajstić information content (AvgIpc) is 2.35. The van der Waals surface area contributed by atoms with E-state index in [2.05, 4.69) is 5.32 Å². The van der Waals surface area contributed by atoms with Gasteiger partial charge in [0.15, 0.2) is 5.78 Å². The van der Waals surface area contributed by atoms with E-state index in [4.69, 9.17) is 0 Å². The number of aryl methyl sites for hydroxylation is 1. The third kappa shape index (κ3) is 2.88. The van der Waals surface area contributed by atoms with Crippen molar-refractivity contribution in [3.63, 3.8) is 0 Å². The van der Waals surface area contributed by atoms with Gasteiger partial charge in [-0.3, -0.25) is 9.59 Å². The highest BCUT2D eigenvalue weighted by atomic mass is 32.2. The van der Waals surface area contributed by atoms with Crippen LogP contribution in [-0.4, -0.2) is 23.7 Å². The third-order valence-electron chi connectivity index (χ3n) is 2.86. The van der Waals surface area contributed by atoms with Crippen molar-refractivity contribution in [2.24, 2.45) is 0 Å². The van der Waals surface area contributed by atoms with E-state index in [0.29, 0.717) is 12.8 Å². The number of thioether (sulfide) groups is 1. The van der Waals surface area contributed by atoms with Gasteiger partial charge in [0.25, 0.3) is 0 Å². The smallest absolute Gasteiger partial charge is 0.224 e. The number of hydrogen-bond acceptors (Lipinski definition) is 3. The highest BCUT2D eigenvalue weighted by Gasteiger charge is 2.16. The van der Waals surface area contributed by atoms with Gasteiger partial charge >= 0.3 is 0 Å².